The fourth-order valence-corrected chi connectivity index (χ4v) is 4.69. The van der Waals surface area contributed by atoms with Crippen LogP contribution in [0.5, 0.6) is 11.5 Å². The Morgan fingerprint density at radius 2 is 1.52 bits per heavy atom. The van der Waals surface area contributed by atoms with E-state index in [4.69, 9.17) is 27.8 Å². The average Bonchev–Trinajstić information content (AvgIpc) is 3.15. The Labute approximate surface area is 168 Å². The van der Waals surface area contributed by atoms with Crippen molar-refractivity contribution in [3.63, 3.8) is 0 Å². The van der Waals surface area contributed by atoms with E-state index in [9.17, 15) is 9.67 Å². The number of hydrogen-bond acceptors (Lipinski definition) is 8. The number of phosphoric ester groups is 1. The minimum Gasteiger partial charge on any atom is -0.395 e. The highest BCUT2D eigenvalue weighted by atomic mass is 31.2. The summed E-state index contributed by atoms with van der Waals surface area (Å²) in [6, 6.07) is 17.1. The summed E-state index contributed by atoms with van der Waals surface area (Å²) >= 11 is 0. The Balaban J connectivity index is 1.61. The van der Waals surface area contributed by atoms with Crippen LogP contribution in [0.4, 0.5) is 0 Å². The molecule has 2 aromatic rings. The lowest BCUT2D eigenvalue weighted by atomic mass is 10.1. The van der Waals surface area contributed by atoms with Gasteiger partial charge in [-0.3, -0.25) is 4.52 Å². The second-order valence-electron chi connectivity index (χ2n) is 7.15. The van der Waals surface area contributed by atoms with Crippen molar-refractivity contribution >= 4 is 7.82 Å². The number of benzene rings is 2. The highest BCUT2D eigenvalue weighted by molar-refractivity contribution is 7.49. The normalized spacial score (nSPS) is 28.1. The molecule has 0 unspecified atom stereocenters. The van der Waals surface area contributed by atoms with Gasteiger partial charge in [-0.2, -0.15) is 0 Å². The van der Waals surface area contributed by atoms with Crippen LogP contribution < -0.4 is 9.05 Å². The van der Waals surface area contributed by atoms with Crippen LogP contribution in [0.15, 0.2) is 60.7 Å². The molecule has 4 rings (SSSR count). The van der Waals surface area contributed by atoms with Gasteiger partial charge in [0.1, 0.15) is 29.8 Å². The largest absolute Gasteiger partial charge is 0.588 e. The summed E-state index contributed by atoms with van der Waals surface area (Å²) in [6.45, 7) is 3.10. The highest BCUT2D eigenvalue weighted by Gasteiger charge is 2.58. The van der Waals surface area contributed by atoms with Crippen molar-refractivity contribution < 1.29 is 37.5 Å². The first-order chi connectivity index (χ1) is 13.9. The molecule has 0 amide bonds. The molecule has 156 valence electrons. The fourth-order valence-electron chi connectivity index (χ4n) is 3.25. The molecule has 0 bridgehead atoms. The summed E-state index contributed by atoms with van der Waals surface area (Å²) in [5, 5.41) is 9.71. The lowest BCUT2D eigenvalue weighted by molar-refractivity contribution is -0.217. The SMILES string of the molecule is CC1(C)O[C@H]2O[C@H](CO)[C@H](OP(=O)(Oc3ccccc3)Oc3ccccc3)[C@H]2O1. The summed E-state index contributed by atoms with van der Waals surface area (Å²) in [4.78, 5) is 0. The Morgan fingerprint density at radius 1 is 0.966 bits per heavy atom. The van der Waals surface area contributed by atoms with E-state index in [-0.39, 0.29) is 6.61 Å². The van der Waals surface area contributed by atoms with Crippen molar-refractivity contribution in [2.45, 2.75) is 44.2 Å². The van der Waals surface area contributed by atoms with Gasteiger partial charge >= 0.3 is 7.82 Å². The van der Waals surface area contributed by atoms with Crippen molar-refractivity contribution in [1.82, 2.24) is 0 Å². The third-order valence-electron chi connectivity index (χ3n) is 4.44. The molecule has 0 saturated carbocycles. The Morgan fingerprint density at radius 3 is 2.03 bits per heavy atom. The second-order valence-corrected chi connectivity index (χ2v) is 8.62. The van der Waals surface area contributed by atoms with Gasteiger partial charge < -0.3 is 28.4 Å². The maximum absolute atomic E-state index is 13.6. The molecule has 8 nitrogen and oxygen atoms in total. The van der Waals surface area contributed by atoms with E-state index in [2.05, 4.69) is 0 Å². The number of phosphoric acid groups is 1. The minimum atomic E-state index is -4.18. The molecule has 9 heteroatoms. The van der Waals surface area contributed by atoms with E-state index in [1.165, 1.54) is 0 Å². The predicted octanol–water partition coefficient (Wildman–Crippen LogP) is 3.51. The third-order valence-corrected chi connectivity index (χ3v) is 5.81. The maximum Gasteiger partial charge on any atom is 0.588 e. The smallest absolute Gasteiger partial charge is 0.395 e. The molecular formula is C20H23O8P. The van der Waals surface area contributed by atoms with Crippen LogP contribution in [-0.4, -0.2) is 42.1 Å². The Hall–Kier alpha value is -1.93. The van der Waals surface area contributed by atoms with Gasteiger partial charge in [-0.1, -0.05) is 36.4 Å². The van der Waals surface area contributed by atoms with Crippen LogP contribution in [-0.2, 0) is 23.3 Å². The first-order valence-electron chi connectivity index (χ1n) is 9.27. The third kappa shape index (κ3) is 4.64. The summed E-state index contributed by atoms with van der Waals surface area (Å²) in [5.74, 6) is -0.277. The van der Waals surface area contributed by atoms with Crippen molar-refractivity contribution in [2.75, 3.05) is 6.61 Å². The maximum atomic E-state index is 13.6. The molecule has 4 atom stereocenters. The number of aliphatic hydroxyl groups excluding tert-OH is 1. The summed E-state index contributed by atoms with van der Waals surface area (Å²) in [6.07, 6.45) is -3.19. The van der Waals surface area contributed by atoms with Gasteiger partial charge in [-0.05, 0) is 38.1 Å². The molecule has 0 aromatic heterocycles. The Kier molecular flexibility index (Phi) is 5.66. The van der Waals surface area contributed by atoms with Gasteiger partial charge in [0.2, 0.25) is 0 Å². The van der Waals surface area contributed by atoms with Gasteiger partial charge in [0.15, 0.2) is 12.1 Å². The van der Waals surface area contributed by atoms with Crippen LogP contribution in [0.1, 0.15) is 13.8 Å². The zero-order valence-electron chi connectivity index (χ0n) is 16.0. The quantitative estimate of drug-likeness (QED) is 0.678. The molecule has 2 aliphatic rings. The molecule has 0 aliphatic carbocycles. The number of fused-ring (bicyclic) bond motifs is 1. The monoisotopic (exact) mass is 422 g/mol. The first-order valence-corrected chi connectivity index (χ1v) is 10.7. The van der Waals surface area contributed by atoms with Gasteiger partial charge in [0, 0.05) is 0 Å². The molecule has 0 spiro atoms. The van der Waals surface area contributed by atoms with Crippen LogP contribution in [0.2, 0.25) is 0 Å². The number of para-hydroxylation sites is 2. The lowest BCUT2D eigenvalue weighted by Crippen LogP contribution is -2.38. The molecule has 2 aliphatic heterocycles. The summed E-state index contributed by atoms with van der Waals surface area (Å²) in [5.41, 5.74) is 0. The molecular weight excluding hydrogens is 399 g/mol. The van der Waals surface area contributed by atoms with E-state index in [0.717, 1.165) is 0 Å². The second kappa shape index (κ2) is 8.07. The van der Waals surface area contributed by atoms with Gasteiger partial charge in [-0.25, -0.2) is 4.57 Å². The number of rotatable bonds is 7. The fraction of sp³-hybridized carbons (Fsp3) is 0.400. The number of ether oxygens (including phenoxy) is 3. The van der Waals surface area contributed by atoms with Gasteiger partial charge in [0.05, 0.1) is 6.61 Å². The van der Waals surface area contributed by atoms with E-state index in [0.29, 0.717) is 11.5 Å². The predicted molar refractivity (Wildman–Crippen MR) is 102 cm³/mol. The molecule has 2 heterocycles. The molecule has 2 saturated heterocycles. The molecule has 2 fully saturated rings. The van der Waals surface area contributed by atoms with Crippen molar-refractivity contribution in [3.8, 4) is 11.5 Å². The number of hydrogen-bond donors (Lipinski definition) is 1. The van der Waals surface area contributed by atoms with Crippen molar-refractivity contribution in [1.29, 1.82) is 0 Å². The zero-order chi connectivity index (χ0) is 20.5. The van der Waals surface area contributed by atoms with E-state index >= 15 is 0 Å². The first kappa shape index (κ1) is 20.3. The number of aliphatic hydroxyl groups is 1. The van der Waals surface area contributed by atoms with Gasteiger partial charge in [0.25, 0.3) is 0 Å². The summed E-state index contributed by atoms with van der Waals surface area (Å²) in [7, 11) is -4.18. The van der Waals surface area contributed by atoms with Crippen LogP contribution in [0, 0.1) is 0 Å². The van der Waals surface area contributed by atoms with Crippen molar-refractivity contribution in [2.24, 2.45) is 0 Å². The standard InChI is InChI=1S/C20H23O8P/c1-20(2)24-18-17(16(13-21)23-19(18)25-20)28-29(22,26-14-9-5-3-6-10-14)27-15-11-7-4-8-12-15/h3-12,16-19,21H,13H2,1-2H3/t16-,17+,18-,19-/m1/s1. The molecule has 0 radical (unpaired) electrons. The van der Waals surface area contributed by atoms with E-state index in [1.54, 1.807) is 74.5 Å². The minimum absolute atomic E-state index is 0.312. The van der Waals surface area contributed by atoms with Crippen LogP contribution in [0.3, 0.4) is 0 Å². The average molecular weight is 422 g/mol. The molecule has 29 heavy (non-hydrogen) atoms. The summed E-state index contributed by atoms with van der Waals surface area (Å²) < 4.78 is 47.9. The molecule has 2 aromatic carbocycles. The van der Waals surface area contributed by atoms with Crippen LogP contribution in [0.25, 0.3) is 0 Å². The lowest BCUT2D eigenvalue weighted by Gasteiger charge is -2.27. The van der Waals surface area contributed by atoms with Gasteiger partial charge in [-0.15, -0.1) is 0 Å². The van der Waals surface area contributed by atoms with E-state index in [1.807, 2.05) is 0 Å². The van der Waals surface area contributed by atoms with Crippen molar-refractivity contribution in [3.05, 3.63) is 60.7 Å². The topological polar surface area (TPSA) is 92.7 Å². The van der Waals surface area contributed by atoms with Crippen LogP contribution >= 0.6 is 7.82 Å². The Bertz CT molecular complexity index is 814. The molecule has 1 N–H and O–H groups in total. The zero-order valence-corrected chi connectivity index (χ0v) is 16.9. The van der Waals surface area contributed by atoms with E-state index < -0.39 is 38.2 Å². The highest BCUT2D eigenvalue weighted by Crippen LogP contribution is 2.53.